The molecule has 0 aliphatic carbocycles. The minimum atomic E-state index is -4.66. The number of nitrogens with zero attached hydrogens (tertiary/aromatic N) is 1. The second-order valence-corrected chi connectivity index (χ2v) is 5.80. The van der Waals surface area contributed by atoms with E-state index in [1.165, 1.54) is 0 Å². The predicted molar refractivity (Wildman–Crippen MR) is 63.4 cm³/mol. The number of phosphoric ester groups is 1. The zero-order valence-electron chi connectivity index (χ0n) is 10.9. The van der Waals surface area contributed by atoms with Crippen molar-refractivity contribution in [2.24, 2.45) is 0 Å². The Balaban J connectivity index is 3.90. The summed E-state index contributed by atoms with van der Waals surface area (Å²) in [5.74, 6) is -0.453. The predicted octanol–water partition coefficient (Wildman–Crippen LogP) is -0.341. The zero-order valence-corrected chi connectivity index (χ0v) is 11.8. The van der Waals surface area contributed by atoms with E-state index in [1.807, 2.05) is 14.1 Å². The third-order valence-corrected chi connectivity index (χ3v) is 2.74. The van der Waals surface area contributed by atoms with Crippen LogP contribution in [0.3, 0.4) is 0 Å². The molecule has 1 atom stereocenters. The number of hydrogen-bond acceptors (Lipinski definition) is 5. The van der Waals surface area contributed by atoms with Gasteiger partial charge in [-0.15, -0.1) is 0 Å². The van der Waals surface area contributed by atoms with E-state index >= 15 is 0 Å². The van der Waals surface area contributed by atoms with Crippen molar-refractivity contribution in [3.63, 3.8) is 0 Å². The zero-order chi connectivity index (χ0) is 14.4. The number of ether oxygens (including phenoxy) is 1. The van der Waals surface area contributed by atoms with Gasteiger partial charge in [0.25, 0.3) is 7.82 Å². The van der Waals surface area contributed by atoms with Crippen LogP contribution < -0.4 is 4.89 Å². The molecule has 0 aromatic heterocycles. The van der Waals surface area contributed by atoms with Crippen LogP contribution >= 0.6 is 7.82 Å². The third-order valence-electron chi connectivity index (χ3n) is 2.23. The molecule has 0 aliphatic rings. The number of rotatable bonds is 8. The van der Waals surface area contributed by atoms with Gasteiger partial charge in [0.15, 0.2) is 0 Å². The lowest BCUT2D eigenvalue weighted by atomic mass is 10.4. The van der Waals surface area contributed by atoms with Crippen molar-refractivity contribution < 1.29 is 32.9 Å². The fraction of sp³-hybridized carbons (Fsp3) is 0.700. The van der Waals surface area contributed by atoms with Crippen LogP contribution in [0.25, 0.3) is 0 Å². The van der Waals surface area contributed by atoms with Crippen molar-refractivity contribution in [2.75, 3.05) is 40.4 Å². The van der Waals surface area contributed by atoms with E-state index in [9.17, 15) is 14.3 Å². The Labute approximate surface area is 107 Å². The molecule has 1 N–H and O–H groups in total. The molecule has 0 radical (unpaired) electrons. The first-order valence-corrected chi connectivity index (χ1v) is 6.86. The Bertz CT molecular complexity index is 348. The van der Waals surface area contributed by atoms with Crippen molar-refractivity contribution in [2.45, 2.75) is 6.92 Å². The summed E-state index contributed by atoms with van der Waals surface area (Å²) < 4.78 is 19.9. The third kappa shape index (κ3) is 9.32. The molecule has 0 amide bonds. The van der Waals surface area contributed by atoms with Gasteiger partial charge in [0.2, 0.25) is 0 Å². The molecule has 7 nitrogen and oxygen atoms in total. The molecule has 0 saturated carbocycles. The average molecular weight is 281 g/mol. The lowest BCUT2D eigenvalue weighted by molar-refractivity contribution is -0.890. The quantitative estimate of drug-likeness (QED) is 0.283. The highest BCUT2D eigenvalue weighted by Gasteiger charge is 2.17. The van der Waals surface area contributed by atoms with Crippen LogP contribution in [0.5, 0.6) is 0 Å². The van der Waals surface area contributed by atoms with Gasteiger partial charge >= 0.3 is 5.97 Å². The minimum absolute atomic E-state index is 0.126. The number of phosphoric acid groups is 1. The number of quaternary nitrogens is 1. The summed E-state index contributed by atoms with van der Waals surface area (Å²) in [6.45, 7) is 5.94. The van der Waals surface area contributed by atoms with Gasteiger partial charge in [0.05, 0.1) is 14.1 Å². The molecular weight excluding hydrogens is 261 g/mol. The van der Waals surface area contributed by atoms with Gasteiger partial charge < -0.3 is 23.5 Å². The lowest BCUT2D eigenvalue weighted by Gasteiger charge is -2.30. The maximum Gasteiger partial charge on any atom is 0.333 e. The summed E-state index contributed by atoms with van der Waals surface area (Å²) in [5.41, 5.74) is 0.330. The maximum absolute atomic E-state index is 11.1. The molecule has 0 spiro atoms. The van der Waals surface area contributed by atoms with Gasteiger partial charge in [-0.2, -0.15) is 0 Å². The Morgan fingerprint density at radius 3 is 2.33 bits per heavy atom. The fourth-order valence-electron chi connectivity index (χ4n) is 1.02. The summed E-state index contributed by atoms with van der Waals surface area (Å²) >= 11 is 0. The topological polar surface area (TPSA) is 95.9 Å². The minimum Gasteiger partial charge on any atom is -0.756 e. The Hall–Kier alpha value is -0.720. The number of likely N-dealkylation sites (N-methyl/N-ethyl adjacent to an activating group) is 1. The van der Waals surface area contributed by atoms with Gasteiger partial charge in [0, 0.05) is 5.57 Å². The van der Waals surface area contributed by atoms with Crippen LogP contribution in [-0.2, 0) is 18.6 Å². The molecule has 0 saturated heterocycles. The maximum atomic E-state index is 11.1. The summed E-state index contributed by atoms with van der Waals surface area (Å²) in [5, 5.41) is 0. The normalized spacial score (nSPS) is 14.9. The van der Waals surface area contributed by atoms with Crippen molar-refractivity contribution >= 4 is 13.8 Å². The molecule has 1 unspecified atom stereocenters. The van der Waals surface area contributed by atoms with Crippen LogP contribution in [0.15, 0.2) is 12.2 Å². The van der Waals surface area contributed by atoms with Crippen LogP contribution in [0.1, 0.15) is 6.92 Å². The highest BCUT2D eigenvalue weighted by molar-refractivity contribution is 7.44. The summed E-state index contributed by atoms with van der Waals surface area (Å²) in [4.78, 5) is 29.9. The van der Waals surface area contributed by atoms with Gasteiger partial charge in [-0.1, -0.05) is 6.58 Å². The summed E-state index contributed by atoms with van der Waals surface area (Å²) in [6.07, 6.45) is 0. The van der Waals surface area contributed by atoms with Crippen molar-refractivity contribution in [3.05, 3.63) is 12.2 Å². The molecule has 0 aliphatic heterocycles. The SMILES string of the molecule is C=C(C)C(=O)OCC[N+](C)(C)CCOP(=O)([O-])O. The smallest absolute Gasteiger partial charge is 0.333 e. The first-order valence-electron chi connectivity index (χ1n) is 5.36. The van der Waals surface area contributed by atoms with Crippen molar-refractivity contribution in [1.82, 2.24) is 0 Å². The van der Waals surface area contributed by atoms with E-state index < -0.39 is 13.8 Å². The number of hydrogen-bond donors (Lipinski definition) is 1. The highest BCUT2D eigenvalue weighted by Crippen LogP contribution is 2.29. The lowest BCUT2D eigenvalue weighted by Crippen LogP contribution is -2.45. The van der Waals surface area contributed by atoms with Gasteiger partial charge in [-0.3, -0.25) is 4.57 Å². The number of carbonyl (C=O) groups is 1. The van der Waals surface area contributed by atoms with Crippen molar-refractivity contribution in [1.29, 1.82) is 0 Å². The summed E-state index contributed by atoms with van der Waals surface area (Å²) in [7, 11) is -1.01. The first-order chi connectivity index (χ1) is 8.03. The second-order valence-electron chi connectivity index (χ2n) is 4.60. The van der Waals surface area contributed by atoms with E-state index in [0.717, 1.165) is 0 Å². The van der Waals surface area contributed by atoms with Crippen molar-refractivity contribution in [3.8, 4) is 0 Å². The van der Waals surface area contributed by atoms with Gasteiger partial charge in [0.1, 0.15) is 26.3 Å². The number of carbonyl (C=O) groups excluding carboxylic acids is 1. The van der Waals surface area contributed by atoms with Crippen LogP contribution in [0.2, 0.25) is 0 Å². The molecule has 0 aromatic rings. The Morgan fingerprint density at radius 1 is 1.39 bits per heavy atom. The molecule has 0 rings (SSSR count). The fourth-order valence-corrected chi connectivity index (χ4v) is 1.34. The molecule has 8 heteroatoms. The molecule has 0 bridgehead atoms. The molecular formula is C10H20NO6P. The summed E-state index contributed by atoms with van der Waals surface area (Å²) in [6, 6.07) is 0. The molecule has 106 valence electrons. The average Bonchev–Trinajstić information content (AvgIpc) is 2.14. The molecule has 0 aromatic carbocycles. The van der Waals surface area contributed by atoms with E-state index in [-0.39, 0.29) is 13.2 Å². The highest BCUT2D eigenvalue weighted by atomic mass is 31.2. The second kappa shape index (κ2) is 7.01. The van der Waals surface area contributed by atoms with Crippen LogP contribution in [0.4, 0.5) is 0 Å². The Morgan fingerprint density at radius 2 is 1.89 bits per heavy atom. The first kappa shape index (κ1) is 17.3. The Kier molecular flexibility index (Phi) is 6.73. The standard InChI is InChI=1S/C10H20NO6P/c1-9(2)10(12)16-7-5-11(3,4)6-8-17-18(13,14)15/h1,5-8H2,2-4H3,(H-,13,14,15). The molecule has 0 heterocycles. The number of esters is 1. The van der Waals surface area contributed by atoms with Crippen LogP contribution in [-0.4, -0.2) is 55.7 Å². The van der Waals surface area contributed by atoms with E-state index in [1.54, 1.807) is 6.92 Å². The van der Waals surface area contributed by atoms with Gasteiger partial charge in [-0.05, 0) is 6.92 Å². The largest absolute Gasteiger partial charge is 0.756 e. The monoisotopic (exact) mass is 281 g/mol. The van der Waals surface area contributed by atoms with Gasteiger partial charge in [-0.25, -0.2) is 4.79 Å². The van der Waals surface area contributed by atoms with E-state index in [2.05, 4.69) is 11.1 Å². The van der Waals surface area contributed by atoms with E-state index in [0.29, 0.717) is 23.1 Å². The van der Waals surface area contributed by atoms with Crippen LogP contribution in [0, 0.1) is 0 Å². The van der Waals surface area contributed by atoms with E-state index in [4.69, 9.17) is 9.63 Å². The molecule has 0 fully saturated rings. The molecule has 18 heavy (non-hydrogen) atoms.